The molecule has 1 atom stereocenters. The first kappa shape index (κ1) is 14.4. The molecule has 1 heterocycles. The molecule has 0 saturated carbocycles. The fourth-order valence-electron chi connectivity index (χ4n) is 2.59. The van der Waals surface area contributed by atoms with Crippen LogP contribution in [0.25, 0.3) is 11.1 Å². The Bertz CT molecular complexity index is 694. The number of nitrogens with zero attached hydrogens (tertiary/aromatic N) is 2. The zero-order valence-corrected chi connectivity index (χ0v) is 12.6. The zero-order chi connectivity index (χ0) is 15.2. The second-order valence-electron chi connectivity index (χ2n) is 5.28. The van der Waals surface area contributed by atoms with Crippen molar-refractivity contribution in [2.24, 2.45) is 0 Å². The van der Waals surface area contributed by atoms with Gasteiger partial charge < -0.3 is 5.32 Å². The van der Waals surface area contributed by atoms with Gasteiger partial charge >= 0.3 is 0 Å². The second kappa shape index (κ2) is 6.96. The predicted molar refractivity (Wildman–Crippen MR) is 89.4 cm³/mol. The van der Waals surface area contributed by atoms with E-state index in [0.29, 0.717) is 6.04 Å². The smallest absolute Gasteiger partial charge is 0.115 e. The molecule has 0 spiro atoms. The van der Waals surface area contributed by atoms with Crippen molar-refractivity contribution in [1.82, 2.24) is 15.3 Å². The molecule has 110 valence electrons. The fraction of sp³-hybridized carbons (Fsp3) is 0.158. The Hall–Kier alpha value is -2.52. The summed E-state index contributed by atoms with van der Waals surface area (Å²) in [6, 6.07) is 19.5. The lowest BCUT2D eigenvalue weighted by molar-refractivity contribution is 0.592. The molecule has 1 N–H and O–H groups in total. The number of hydrogen-bond acceptors (Lipinski definition) is 3. The lowest BCUT2D eigenvalue weighted by Gasteiger charge is -2.17. The van der Waals surface area contributed by atoms with E-state index >= 15 is 0 Å². The van der Waals surface area contributed by atoms with Crippen molar-refractivity contribution in [3.8, 4) is 11.1 Å². The van der Waals surface area contributed by atoms with E-state index in [4.69, 9.17) is 0 Å². The third-order valence-corrected chi connectivity index (χ3v) is 3.84. The van der Waals surface area contributed by atoms with Crippen molar-refractivity contribution in [3.63, 3.8) is 0 Å². The van der Waals surface area contributed by atoms with Gasteiger partial charge in [0.25, 0.3) is 0 Å². The van der Waals surface area contributed by atoms with Crippen LogP contribution in [0.4, 0.5) is 0 Å². The maximum absolute atomic E-state index is 4.06. The average molecular weight is 289 g/mol. The van der Waals surface area contributed by atoms with Gasteiger partial charge in [0.05, 0.1) is 0 Å². The van der Waals surface area contributed by atoms with Gasteiger partial charge in [-0.05, 0) is 30.2 Å². The molecule has 1 aromatic heterocycles. The molecular formula is C19H19N3. The minimum atomic E-state index is 0.326. The number of aromatic nitrogens is 2. The van der Waals surface area contributed by atoms with Gasteiger partial charge in [0.1, 0.15) is 6.33 Å². The van der Waals surface area contributed by atoms with Gasteiger partial charge in [-0.3, -0.25) is 0 Å². The first-order valence-corrected chi connectivity index (χ1v) is 7.43. The van der Waals surface area contributed by atoms with Crippen molar-refractivity contribution in [2.45, 2.75) is 12.5 Å². The summed E-state index contributed by atoms with van der Waals surface area (Å²) < 4.78 is 0. The molecule has 0 bridgehead atoms. The summed E-state index contributed by atoms with van der Waals surface area (Å²) in [6.45, 7) is 0. The first-order valence-electron chi connectivity index (χ1n) is 7.43. The van der Waals surface area contributed by atoms with E-state index in [1.165, 1.54) is 11.1 Å². The third-order valence-electron chi connectivity index (χ3n) is 3.84. The lowest BCUT2D eigenvalue weighted by atomic mass is 9.97. The maximum atomic E-state index is 4.06. The van der Waals surface area contributed by atoms with Crippen molar-refractivity contribution >= 4 is 0 Å². The Morgan fingerprint density at radius 1 is 0.864 bits per heavy atom. The molecule has 0 aliphatic carbocycles. The summed E-state index contributed by atoms with van der Waals surface area (Å²) in [5, 5.41) is 3.39. The van der Waals surface area contributed by atoms with Crippen LogP contribution in [0, 0.1) is 0 Å². The number of rotatable bonds is 5. The van der Waals surface area contributed by atoms with Gasteiger partial charge in [0.15, 0.2) is 0 Å². The summed E-state index contributed by atoms with van der Waals surface area (Å²) in [4.78, 5) is 8.13. The average Bonchev–Trinajstić information content (AvgIpc) is 2.62. The summed E-state index contributed by atoms with van der Waals surface area (Å²) in [5.74, 6) is 0. The zero-order valence-electron chi connectivity index (χ0n) is 12.6. The normalized spacial score (nSPS) is 12.0. The van der Waals surface area contributed by atoms with Crippen LogP contribution in [0.15, 0.2) is 73.3 Å². The SMILES string of the molecule is CNC(Cc1ccc(-c2cncnc2)cc1)c1ccccc1. The van der Waals surface area contributed by atoms with E-state index in [1.54, 1.807) is 6.33 Å². The highest BCUT2D eigenvalue weighted by molar-refractivity contribution is 5.61. The molecule has 3 aromatic rings. The van der Waals surface area contributed by atoms with E-state index in [2.05, 4.69) is 63.8 Å². The van der Waals surface area contributed by atoms with Gasteiger partial charge in [0, 0.05) is 24.0 Å². The number of hydrogen-bond donors (Lipinski definition) is 1. The highest BCUT2D eigenvalue weighted by Crippen LogP contribution is 2.21. The molecule has 0 radical (unpaired) electrons. The number of benzene rings is 2. The quantitative estimate of drug-likeness (QED) is 0.779. The highest BCUT2D eigenvalue weighted by atomic mass is 14.9. The Labute approximate surface area is 131 Å². The Kier molecular flexibility index (Phi) is 4.56. The predicted octanol–water partition coefficient (Wildman–Crippen LogP) is 3.65. The van der Waals surface area contributed by atoms with Gasteiger partial charge in [-0.25, -0.2) is 9.97 Å². The van der Waals surface area contributed by atoms with Crippen LogP contribution in [0.3, 0.4) is 0 Å². The molecular weight excluding hydrogens is 270 g/mol. The van der Waals surface area contributed by atoms with Gasteiger partial charge in [-0.2, -0.15) is 0 Å². The largest absolute Gasteiger partial charge is 0.313 e. The Morgan fingerprint density at radius 3 is 2.18 bits per heavy atom. The van der Waals surface area contributed by atoms with Crippen molar-refractivity contribution < 1.29 is 0 Å². The van der Waals surface area contributed by atoms with Crippen molar-refractivity contribution in [2.75, 3.05) is 7.05 Å². The summed E-state index contributed by atoms with van der Waals surface area (Å²) >= 11 is 0. The minimum absolute atomic E-state index is 0.326. The molecule has 0 saturated heterocycles. The van der Waals surface area contributed by atoms with Gasteiger partial charge in [-0.15, -0.1) is 0 Å². The van der Waals surface area contributed by atoms with Crippen LogP contribution in [0.5, 0.6) is 0 Å². The fourth-order valence-corrected chi connectivity index (χ4v) is 2.59. The van der Waals surface area contributed by atoms with Gasteiger partial charge in [0.2, 0.25) is 0 Å². The molecule has 0 aliphatic rings. The van der Waals surface area contributed by atoms with Crippen molar-refractivity contribution in [3.05, 3.63) is 84.4 Å². The minimum Gasteiger partial charge on any atom is -0.313 e. The van der Waals surface area contributed by atoms with E-state index in [-0.39, 0.29) is 0 Å². The van der Waals surface area contributed by atoms with Crippen LogP contribution >= 0.6 is 0 Å². The molecule has 1 unspecified atom stereocenters. The van der Waals surface area contributed by atoms with E-state index in [1.807, 2.05) is 25.5 Å². The van der Waals surface area contributed by atoms with Crippen LogP contribution in [0.1, 0.15) is 17.2 Å². The molecule has 0 amide bonds. The highest BCUT2D eigenvalue weighted by Gasteiger charge is 2.09. The third kappa shape index (κ3) is 3.38. The molecule has 2 aromatic carbocycles. The van der Waals surface area contributed by atoms with E-state index in [9.17, 15) is 0 Å². The first-order chi connectivity index (χ1) is 10.9. The number of nitrogens with one attached hydrogen (secondary N) is 1. The standard InChI is InChI=1S/C19H19N3/c1-20-19(17-5-3-2-4-6-17)11-15-7-9-16(10-8-15)18-12-21-14-22-13-18/h2-10,12-14,19-20H,11H2,1H3. The second-order valence-corrected chi connectivity index (χ2v) is 5.28. The Balaban J connectivity index is 1.76. The molecule has 3 nitrogen and oxygen atoms in total. The lowest BCUT2D eigenvalue weighted by Crippen LogP contribution is -2.18. The maximum Gasteiger partial charge on any atom is 0.115 e. The van der Waals surface area contributed by atoms with E-state index in [0.717, 1.165) is 17.5 Å². The molecule has 0 aliphatic heterocycles. The summed E-state index contributed by atoms with van der Waals surface area (Å²) in [6.07, 6.45) is 6.19. The molecule has 0 fully saturated rings. The monoisotopic (exact) mass is 289 g/mol. The molecule has 3 heteroatoms. The van der Waals surface area contributed by atoms with Gasteiger partial charge in [-0.1, -0.05) is 54.6 Å². The number of likely N-dealkylation sites (N-methyl/N-ethyl adjacent to an activating group) is 1. The van der Waals surface area contributed by atoms with E-state index < -0.39 is 0 Å². The van der Waals surface area contributed by atoms with Crippen LogP contribution in [0.2, 0.25) is 0 Å². The Morgan fingerprint density at radius 2 is 1.55 bits per heavy atom. The summed E-state index contributed by atoms with van der Waals surface area (Å²) in [5.41, 5.74) is 4.81. The van der Waals surface area contributed by atoms with Crippen molar-refractivity contribution in [1.29, 1.82) is 0 Å². The van der Waals surface area contributed by atoms with Crippen LogP contribution < -0.4 is 5.32 Å². The molecule has 22 heavy (non-hydrogen) atoms. The topological polar surface area (TPSA) is 37.8 Å². The summed E-state index contributed by atoms with van der Waals surface area (Å²) in [7, 11) is 2.01. The molecule has 3 rings (SSSR count). The van der Waals surface area contributed by atoms with Crippen LogP contribution in [-0.2, 0) is 6.42 Å². The van der Waals surface area contributed by atoms with Crippen LogP contribution in [-0.4, -0.2) is 17.0 Å².